The van der Waals surface area contributed by atoms with Gasteiger partial charge in [0.15, 0.2) is 12.4 Å². The summed E-state index contributed by atoms with van der Waals surface area (Å²) < 4.78 is 10.7. The summed E-state index contributed by atoms with van der Waals surface area (Å²) >= 11 is 0. The van der Waals surface area contributed by atoms with Gasteiger partial charge in [-0.3, -0.25) is 9.59 Å². The molecule has 0 aliphatic carbocycles. The number of amides is 1. The van der Waals surface area contributed by atoms with Crippen LogP contribution in [-0.2, 0) is 16.1 Å². The molecule has 0 atom stereocenters. The second kappa shape index (κ2) is 8.31. The molecule has 0 saturated carbocycles. The summed E-state index contributed by atoms with van der Waals surface area (Å²) in [5.74, 6) is 0.0107. The topological polar surface area (TPSA) is 81.4 Å². The lowest BCUT2D eigenvalue weighted by Gasteiger charge is -2.07. The monoisotopic (exact) mass is 364 g/mol. The predicted octanol–water partition coefficient (Wildman–Crippen LogP) is 3.43. The van der Waals surface area contributed by atoms with Crippen molar-refractivity contribution in [3.05, 3.63) is 77.3 Å². The average molecular weight is 364 g/mol. The lowest BCUT2D eigenvalue weighted by molar-refractivity contribution is -0.144. The zero-order valence-electron chi connectivity index (χ0n) is 15.2. The van der Waals surface area contributed by atoms with Gasteiger partial charge in [-0.25, -0.2) is 4.98 Å². The van der Waals surface area contributed by atoms with Crippen molar-refractivity contribution in [2.45, 2.75) is 20.5 Å². The largest absolute Gasteiger partial charge is 0.454 e. The van der Waals surface area contributed by atoms with E-state index in [2.05, 4.69) is 10.3 Å². The number of oxazole rings is 1. The molecule has 27 heavy (non-hydrogen) atoms. The Morgan fingerprint density at radius 1 is 1.07 bits per heavy atom. The molecule has 0 aliphatic rings. The van der Waals surface area contributed by atoms with Gasteiger partial charge >= 0.3 is 5.97 Å². The Balaban J connectivity index is 1.48. The maximum absolute atomic E-state index is 12.1. The van der Waals surface area contributed by atoms with Crippen LogP contribution in [0.1, 0.15) is 27.4 Å². The van der Waals surface area contributed by atoms with E-state index in [1.807, 2.05) is 50.2 Å². The minimum atomic E-state index is -0.563. The van der Waals surface area contributed by atoms with E-state index in [-0.39, 0.29) is 19.1 Å². The molecule has 2 aromatic carbocycles. The highest BCUT2D eigenvalue weighted by Gasteiger charge is 2.12. The van der Waals surface area contributed by atoms with Gasteiger partial charge in [0.25, 0.3) is 5.91 Å². The molecule has 0 fully saturated rings. The van der Waals surface area contributed by atoms with Gasteiger partial charge in [-0.05, 0) is 37.1 Å². The van der Waals surface area contributed by atoms with Gasteiger partial charge < -0.3 is 14.5 Å². The first kappa shape index (κ1) is 18.4. The number of benzene rings is 2. The Labute approximate surface area is 157 Å². The number of carbonyl (C=O) groups excluding carboxylic acids is 2. The molecule has 0 unspecified atom stereocenters. The molecular weight excluding hydrogens is 344 g/mol. The molecule has 3 rings (SSSR count). The van der Waals surface area contributed by atoms with Crippen LogP contribution in [0.25, 0.3) is 11.3 Å². The molecular formula is C21H20N2O4. The second-order valence-corrected chi connectivity index (χ2v) is 6.13. The minimum Gasteiger partial charge on any atom is -0.454 e. The average Bonchev–Trinajstić information content (AvgIpc) is 3.16. The first-order valence-corrected chi connectivity index (χ1v) is 8.54. The van der Waals surface area contributed by atoms with Crippen LogP contribution in [0, 0.1) is 13.8 Å². The number of aryl methyl sites for hydroxylation is 2. The Morgan fingerprint density at radius 2 is 1.85 bits per heavy atom. The van der Waals surface area contributed by atoms with Gasteiger partial charge in [-0.15, -0.1) is 0 Å². The van der Waals surface area contributed by atoms with E-state index in [9.17, 15) is 9.59 Å². The van der Waals surface area contributed by atoms with E-state index in [1.54, 1.807) is 18.3 Å². The van der Waals surface area contributed by atoms with Crippen molar-refractivity contribution in [1.29, 1.82) is 0 Å². The van der Waals surface area contributed by atoms with E-state index in [1.165, 1.54) is 0 Å². The Hall–Kier alpha value is -3.41. The lowest BCUT2D eigenvalue weighted by Crippen LogP contribution is -2.30. The van der Waals surface area contributed by atoms with E-state index >= 15 is 0 Å². The third kappa shape index (κ3) is 4.82. The molecule has 1 aromatic heterocycles. The molecule has 0 spiro atoms. The molecule has 6 heteroatoms. The number of nitrogens with zero attached hydrogens (tertiary/aromatic N) is 1. The molecule has 1 amide bonds. The van der Waals surface area contributed by atoms with Gasteiger partial charge in [0.1, 0.15) is 6.54 Å². The van der Waals surface area contributed by atoms with Crippen molar-refractivity contribution in [2.75, 3.05) is 6.54 Å². The minimum absolute atomic E-state index is 0.0921. The normalized spacial score (nSPS) is 10.4. The molecule has 1 heterocycles. The van der Waals surface area contributed by atoms with Gasteiger partial charge in [0.2, 0.25) is 5.89 Å². The highest BCUT2D eigenvalue weighted by Crippen LogP contribution is 2.19. The number of nitrogens with one attached hydrogen (secondary N) is 1. The fourth-order valence-corrected chi connectivity index (χ4v) is 2.44. The molecule has 0 bridgehead atoms. The van der Waals surface area contributed by atoms with E-state index < -0.39 is 5.97 Å². The smallest absolute Gasteiger partial charge is 0.325 e. The first-order valence-electron chi connectivity index (χ1n) is 8.54. The summed E-state index contributed by atoms with van der Waals surface area (Å²) in [7, 11) is 0. The summed E-state index contributed by atoms with van der Waals surface area (Å²) in [4.78, 5) is 28.0. The fourth-order valence-electron chi connectivity index (χ4n) is 2.44. The van der Waals surface area contributed by atoms with Gasteiger partial charge in [-0.1, -0.05) is 36.4 Å². The summed E-state index contributed by atoms with van der Waals surface area (Å²) in [6.45, 7) is 3.59. The predicted molar refractivity (Wildman–Crippen MR) is 100.0 cm³/mol. The van der Waals surface area contributed by atoms with Crippen molar-refractivity contribution < 1.29 is 18.7 Å². The molecule has 0 radical (unpaired) electrons. The highest BCUT2D eigenvalue weighted by molar-refractivity contribution is 5.96. The van der Waals surface area contributed by atoms with Crippen molar-refractivity contribution in [2.24, 2.45) is 0 Å². The summed E-state index contributed by atoms with van der Waals surface area (Å²) in [6, 6.07) is 14.9. The molecule has 1 N–H and O–H groups in total. The maximum Gasteiger partial charge on any atom is 0.325 e. The van der Waals surface area contributed by atoms with Gasteiger partial charge in [0, 0.05) is 11.1 Å². The quantitative estimate of drug-likeness (QED) is 0.678. The van der Waals surface area contributed by atoms with Crippen LogP contribution in [0.4, 0.5) is 0 Å². The third-order valence-corrected chi connectivity index (χ3v) is 4.13. The summed E-state index contributed by atoms with van der Waals surface area (Å²) in [5, 5.41) is 2.55. The number of aromatic nitrogens is 1. The van der Waals surface area contributed by atoms with E-state index in [0.29, 0.717) is 17.2 Å². The number of esters is 1. The lowest BCUT2D eigenvalue weighted by atomic mass is 10.1. The van der Waals surface area contributed by atoms with Crippen molar-refractivity contribution in [3.63, 3.8) is 0 Å². The number of hydrogen-bond donors (Lipinski definition) is 1. The number of rotatable bonds is 6. The van der Waals surface area contributed by atoms with Gasteiger partial charge in [-0.2, -0.15) is 0 Å². The van der Waals surface area contributed by atoms with Crippen LogP contribution in [0.15, 0.2) is 59.1 Å². The van der Waals surface area contributed by atoms with Crippen molar-refractivity contribution in [1.82, 2.24) is 10.3 Å². The van der Waals surface area contributed by atoms with Crippen molar-refractivity contribution >= 4 is 11.9 Å². The van der Waals surface area contributed by atoms with Crippen LogP contribution in [0.3, 0.4) is 0 Å². The summed E-state index contributed by atoms with van der Waals surface area (Å²) in [6.07, 6.45) is 1.58. The summed E-state index contributed by atoms with van der Waals surface area (Å²) in [5.41, 5.74) is 3.52. The molecule has 138 valence electrons. The Kier molecular flexibility index (Phi) is 5.66. The van der Waals surface area contributed by atoms with Crippen LogP contribution in [0.5, 0.6) is 0 Å². The standard InChI is InChI=1S/C21H20N2O4/c1-14-8-9-17(10-15(14)2)21(25)23-12-20(24)26-13-19-22-11-18(27-19)16-6-4-3-5-7-16/h3-11H,12-13H2,1-2H3,(H,23,25). The third-order valence-electron chi connectivity index (χ3n) is 4.13. The zero-order valence-corrected chi connectivity index (χ0v) is 15.2. The Bertz CT molecular complexity index is 948. The maximum atomic E-state index is 12.1. The molecule has 3 aromatic rings. The fraction of sp³-hybridized carbons (Fsp3) is 0.190. The van der Waals surface area contributed by atoms with Crippen LogP contribution < -0.4 is 5.32 Å². The van der Waals surface area contributed by atoms with E-state index in [4.69, 9.17) is 9.15 Å². The second-order valence-electron chi connectivity index (χ2n) is 6.13. The molecule has 6 nitrogen and oxygen atoms in total. The highest BCUT2D eigenvalue weighted by atomic mass is 16.5. The zero-order chi connectivity index (χ0) is 19.2. The number of hydrogen-bond acceptors (Lipinski definition) is 5. The first-order chi connectivity index (χ1) is 13.0. The van der Waals surface area contributed by atoms with E-state index in [0.717, 1.165) is 16.7 Å². The van der Waals surface area contributed by atoms with Crippen LogP contribution in [0.2, 0.25) is 0 Å². The van der Waals surface area contributed by atoms with Crippen LogP contribution in [-0.4, -0.2) is 23.4 Å². The van der Waals surface area contributed by atoms with Crippen LogP contribution >= 0.6 is 0 Å². The number of ether oxygens (including phenoxy) is 1. The number of carbonyl (C=O) groups is 2. The SMILES string of the molecule is Cc1ccc(C(=O)NCC(=O)OCc2ncc(-c3ccccc3)o2)cc1C. The molecule has 0 aliphatic heterocycles. The van der Waals surface area contributed by atoms with Crippen molar-refractivity contribution in [3.8, 4) is 11.3 Å². The molecule has 0 saturated heterocycles. The Morgan fingerprint density at radius 3 is 2.59 bits per heavy atom. The van der Waals surface area contributed by atoms with Gasteiger partial charge in [0.05, 0.1) is 6.20 Å².